The summed E-state index contributed by atoms with van der Waals surface area (Å²) in [6.07, 6.45) is 4.83. The molecular formula is C21H21FN4O2. The van der Waals surface area contributed by atoms with Crippen LogP contribution < -0.4 is 4.90 Å². The summed E-state index contributed by atoms with van der Waals surface area (Å²) in [5, 5.41) is 8.08. The van der Waals surface area contributed by atoms with Crippen LogP contribution in [0.3, 0.4) is 0 Å². The molecule has 4 rings (SSSR count). The van der Waals surface area contributed by atoms with Crippen molar-refractivity contribution < 1.29 is 13.6 Å². The Hall–Kier alpha value is -3.22. The lowest BCUT2D eigenvalue weighted by Gasteiger charge is -2.36. The highest BCUT2D eigenvalue weighted by Gasteiger charge is 2.29. The number of likely N-dealkylation sites (tertiary alicyclic amines) is 1. The molecule has 0 saturated carbocycles. The Morgan fingerprint density at radius 3 is 2.61 bits per heavy atom. The van der Waals surface area contributed by atoms with E-state index < -0.39 is 0 Å². The van der Waals surface area contributed by atoms with Gasteiger partial charge < -0.3 is 14.2 Å². The Balaban J connectivity index is 1.44. The summed E-state index contributed by atoms with van der Waals surface area (Å²) in [6.45, 7) is 1.27. The fourth-order valence-corrected chi connectivity index (χ4v) is 3.60. The van der Waals surface area contributed by atoms with Gasteiger partial charge in [0.05, 0.1) is 6.26 Å². The Bertz CT molecular complexity index is 935. The molecule has 3 aromatic rings. The molecule has 144 valence electrons. The summed E-state index contributed by atoms with van der Waals surface area (Å²) < 4.78 is 18.7. The van der Waals surface area contributed by atoms with Crippen molar-refractivity contribution in [2.24, 2.45) is 0 Å². The molecule has 0 bridgehead atoms. The van der Waals surface area contributed by atoms with Crippen molar-refractivity contribution in [1.82, 2.24) is 15.1 Å². The van der Waals surface area contributed by atoms with E-state index in [1.54, 1.807) is 24.4 Å². The summed E-state index contributed by atoms with van der Waals surface area (Å²) in [4.78, 5) is 16.9. The van der Waals surface area contributed by atoms with E-state index in [-0.39, 0.29) is 11.7 Å². The molecule has 0 spiro atoms. The number of piperidine rings is 1. The van der Waals surface area contributed by atoms with Crippen LogP contribution in [0.4, 0.5) is 10.2 Å². The molecule has 0 N–H and O–H groups in total. The minimum absolute atomic E-state index is 0.134. The fraction of sp³-hybridized carbons (Fsp3) is 0.286. The molecule has 1 fully saturated rings. The van der Waals surface area contributed by atoms with Gasteiger partial charge in [-0.25, -0.2) is 4.39 Å². The van der Waals surface area contributed by atoms with Gasteiger partial charge in [0.1, 0.15) is 5.82 Å². The third-order valence-electron chi connectivity index (χ3n) is 5.23. The monoisotopic (exact) mass is 380 g/mol. The highest BCUT2D eigenvalue weighted by Crippen LogP contribution is 2.28. The number of hydrogen-bond donors (Lipinski definition) is 0. The van der Waals surface area contributed by atoms with E-state index in [1.807, 2.05) is 24.1 Å². The quantitative estimate of drug-likeness (QED) is 0.692. The van der Waals surface area contributed by atoms with Gasteiger partial charge in [0, 0.05) is 37.9 Å². The van der Waals surface area contributed by atoms with Crippen molar-refractivity contribution >= 4 is 11.7 Å². The van der Waals surface area contributed by atoms with Crippen LogP contribution in [0.2, 0.25) is 0 Å². The zero-order valence-electron chi connectivity index (χ0n) is 15.6. The number of nitrogens with zero attached hydrogens (tertiary/aromatic N) is 4. The highest BCUT2D eigenvalue weighted by atomic mass is 19.1. The van der Waals surface area contributed by atoms with E-state index in [1.165, 1.54) is 18.4 Å². The molecule has 3 heterocycles. The lowest BCUT2D eigenvalue weighted by Crippen LogP contribution is -2.46. The van der Waals surface area contributed by atoms with E-state index in [0.29, 0.717) is 30.5 Å². The maximum atomic E-state index is 13.2. The second-order valence-corrected chi connectivity index (χ2v) is 6.89. The number of halogens is 1. The van der Waals surface area contributed by atoms with Crippen LogP contribution in [0.1, 0.15) is 23.4 Å². The first-order valence-corrected chi connectivity index (χ1v) is 9.27. The zero-order valence-corrected chi connectivity index (χ0v) is 15.6. The predicted molar refractivity (Wildman–Crippen MR) is 103 cm³/mol. The molecule has 6 nitrogen and oxygen atoms in total. The van der Waals surface area contributed by atoms with Gasteiger partial charge in [-0.3, -0.25) is 4.79 Å². The Morgan fingerprint density at radius 1 is 1.18 bits per heavy atom. The van der Waals surface area contributed by atoms with Crippen molar-refractivity contribution in [3.05, 3.63) is 66.5 Å². The van der Waals surface area contributed by atoms with Gasteiger partial charge in [0.2, 0.25) is 0 Å². The van der Waals surface area contributed by atoms with Crippen LogP contribution in [0.25, 0.3) is 11.1 Å². The first-order chi connectivity index (χ1) is 13.6. The summed E-state index contributed by atoms with van der Waals surface area (Å²) in [7, 11) is 2.01. The molecular weight excluding hydrogens is 359 g/mol. The number of aromatic nitrogens is 2. The van der Waals surface area contributed by atoms with Gasteiger partial charge in [-0.2, -0.15) is 5.10 Å². The Labute approximate surface area is 162 Å². The number of benzene rings is 1. The van der Waals surface area contributed by atoms with Crippen molar-refractivity contribution in [2.75, 3.05) is 25.0 Å². The largest absolute Gasteiger partial charge is 0.459 e. The Kier molecular flexibility index (Phi) is 5.06. The number of amides is 1. The minimum Gasteiger partial charge on any atom is -0.459 e. The predicted octanol–water partition coefficient (Wildman–Crippen LogP) is 3.62. The molecule has 1 saturated heterocycles. The van der Waals surface area contributed by atoms with Gasteiger partial charge in [-0.05, 0) is 48.7 Å². The molecule has 2 aromatic heterocycles. The lowest BCUT2D eigenvalue weighted by atomic mass is 10.0. The van der Waals surface area contributed by atoms with Crippen LogP contribution in [-0.2, 0) is 0 Å². The molecule has 0 radical (unpaired) electrons. The van der Waals surface area contributed by atoms with E-state index in [0.717, 1.165) is 24.2 Å². The SMILES string of the molecule is CN(c1cccnn1)C1CCN(C(=O)c2occc2-c2ccc(F)cc2)CC1. The molecule has 1 aliphatic rings. The van der Waals surface area contributed by atoms with Gasteiger partial charge >= 0.3 is 0 Å². The maximum Gasteiger partial charge on any atom is 0.290 e. The zero-order chi connectivity index (χ0) is 19.5. The van der Waals surface area contributed by atoms with Crippen LogP contribution in [0.15, 0.2) is 59.3 Å². The summed E-state index contributed by atoms with van der Waals surface area (Å²) in [6, 6.07) is 11.9. The first kappa shape index (κ1) is 18.2. The maximum absolute atomic E-state index is 13.2. The highest BCUT2D eigenvalue weighted by molar-refractivity contribution is 5.98. The van der Waals surface area contributed by atoms with Crippen molar-refractivity contribution in [1.29, 1.82) is 0 Å². The molecule has 0 aliphatic carbocycles. The summed E-state index contributed by atoms with van der Waals surface area (Å²) >= 11 is 0. The fourth-order valence-electron chi connectivity index (χ4n) is 3.60. The number of anilines is 1. The number of rotatable bonds is 4. The summed E-state index contributed by atoms with van der Waals surface area (Å²) in [5.74, 6) is 0.684. The molecule has 7 heteroatoms. The molecule has 0 atom stereocenters. The van der Waals surface area contributed by atoms with E-state index in [2.05, 4.69) is 15.1 Å². The van der Waals surface area contributed by atoms with Crippen LogP contribution in [-0.4, -0.2) is 47.2 Å². The van der Waals surface area contributed by atoms with Gasteiger partial charge in [-0.1, -0.05) is 12.1 Å². The van der Waals surface area contributed by atoms with Gasteiger partial charge in [0.25, 0.3) is 5.91 Å². The third kappa shape index (κ3) is 3.60. The van der Waals surface area contributed by atoms with Crippen molar-refractivity contribution in [3.63, 3.8) is 0 Å². The molecule has 1 aromatic carbocycles. The van der Waals surface area contributed by atoms with E-state index in [4.69, 9.17) is 4.42 Å². The van der Waals surface area contributed by atoms with Gasteiger partial charge in [0.15, 0.2) is 11.6 Å². The normalized spacial score (nSPS) is 14.9. The van der Waals surface area contributed by atoms with Crippen LogP contribution in [0, 0.1) is 5.82 Å². The number of carbonyl (C=O) groups is 1. The molecule has 1 amide bonds. The number of carbonyl (C=O) groups excluding carboxylic acids is 1. The van der Waals surface area contributed by atoms with Gasteiger partial charge in [-0.15, -0.1) is 5.10 Å². The molecule has 0 unspecified atom stereocenters. The van der Waals surface area contributed by atoms with Crippen LogP contribution >= 0.6 is 0 Å². The van der Waals surface area contributed by atoms with E-state index >= 15 is 0 Å². The van der Waals surface area contributed by atoms with E-state index in [9.17, 15) is 9.18 Å². The molecule has 28 heavy (non-hydrogen) atoms. The van der Waals surface area contributed by atoms with Crippen molar-refractivity contribution in [2.45, 2.75) is 18.9 Å². The smallest absolute Gasteiger partial charge is 0.290 e. The standard InChI is InChI=1S/C21H21FN4O2/c1-25(19-3-2-11-23-24-19)17-8-12-26(13-9-17)21(27)20-18(10-14-28-20)15-4-6-16(22)7-5-15/h2-7,10-11,14,17H,8-9,12-13H2,1H3. The first-order valence-electron chi connectivity index (χ1n) is 9.27. The van der Waals surface area contributed by atoms with Crippen molar-refractivity contribution in [3.8, 4) is 11.1 Å². The average Bonchev–Trinajstić information content (AvgIpc) is 3.24. The van der Waals surface area contributed by atoms with Crippen LogP contribution in [0.5, 0.6) is 0 Å². The molecule has 1 aliphatic heterocycles. The lowest BCUT2D eigenvalue weighted by molar-refractivity contribution is 0.0682. The summed E-state index contributed by atoms with van der Waals surface area (Å²) in [5.41, 5.74) is 1.44. The Morgan fingerprint density at radius 2 is 1.93 bits per heavy atom. The number of furan rings is 1. The number of hydrogen-bond acceptors (Lipinski definition) is 5. The third-order valence-corrected chi connectivity index (χ3v) is 5.23. The second-order valence-electron chi connectivity index (χ2n) is 6.89. The second kappa shape index (κ2) is 7.80. The topological polar surface area (TPSA) is 62.5 Å². The average molecular weight is 380 g/mol. The minimum atomic E-state index is -0.311.